The maximum absolute atomic E-state index is 11.8. The number of carbonyl (C=O) groups is 1. The fourth-order valence-corrected chi connectivity index (χ4v) is 2.24. The van der Waals surface area contributed by atoms with Gasteiger partial charge in [0.05, 0.1) is 18.3 Å². The summed E-state index contributed by atoms with van der Waals surface area (Å²) in [6, 6.07) is 3.44. The van der Waals surface area contributed by atoms with Crippen LogP contribution in [0.5, 0.6) is 5.75 Å². The molecule has 5 nitrogen and oxygen atoms in total. The molecular weight excluding hydrogens is 278 g/mol. The third kappa shape index (κ3) is 3.11. The predicted octanol–water partition coefficient (Wildman–Crippen LogP) is 2.22. The summed E-state index contributed by atoms with van der Waals surface area (Å²) in [6.07, 6.45) is 5.11. The Labute approximate surface area is 122 Å². The lowest BCUT2D eigenvalue weighted by atomic mass is 10.0. The number of aromatic amines is 1. The molecule has 0 aliphatic heterocycles. The number of H-pyrrole nitrogens is 1. The average Bonchev–Trinajstić information content (AvgIpc) is 2.98. The van der Waals surface area contributed by atoms with Crippen LogP contribution in [-0.4, -0.2) is 30.3 Å². The van der Waals surface area contributed by atoms with E-state index in [2.05, 4.69) is 15.5 Å². The van der Waals surface area contributed by atoms with Crippen LogP contribution in [0.3, 0.4) is 0 Å². The topological polar surface area (TPSA) is 67.0 Å². The summed E-state index contributed by atoms with van der Waals surface area (Å²) in [5.41, 5.74) is 2.51. The number of methoxy groups -OCH3 is 1. The van der Waals surface area contributed by atoms with Crippen LogP contribution in [0.2, 0.25) is 5.02 Å². The molecule has 1 aromatic heterocycles. The van der Waals surface area contributed by atoms with Gasteiger partial charge < -0.3 is 10.1 Å². The Balaban J connectivity index is 2.27. The van der Waals surface area contributed by atoms with Crippen LogP contribution in [0.1, 0.15) is 21.5 Å². The third-order valence-corrected chi connectivity index (χ3v) is 3.49. The van der Waals surface area contributed by atoms with Crippen molar-refractivity contribution in [3.05, 3.63) is 46.2 Å². The number of ether oxygens (including phenoxy) is 1. The number of hydrogen-bond acceptors (Lipinski definition) is 3. The van der Waals surface area contributed by atoms with E-state index in [9.17, 15) is 4.79 Å². The van der Waals surface area contributed by atoms with Gasteiger partial charge in [-0.15, -0.1) is 0 Å². The highest BCUT2D eigenvalue weighted by Crippen LogP contribution is 2.30. The second-order valence-corrected chi connectivity index (χ2v) is 4.72. The quantitative estimate of drug-likeness (QED) is 0.888. The molecule has 0 aliphatic carbocycles. The monoisotopic (exact) mass is 293 g/mol. The Morgan fingerprint density at radius 3 is 2.85 bits per heavy atom. The van der Waals surface area contributed by atoms with Crippen molar-refractivity contribution in [3.8, 4) is 5.75 Å². The van der Waals surface area contributed by atoms with E-state index >= 15 is 0 Å². The number of nitrogens with zero attached hydrogens (tertiary/aromatic N) is 1. The zero-order valence-electron chi connectivity index (χ0n) is 11.4. The number of nitrogens with one attached hydrogen (secondary N) is 2. The molecule has 2 N–H and O–H groups in total. The van der Waals surface area contributed by atoms with Gasteiger partial charge in [0.2, 0.25) is 0 Å². The van der Waals surface area contributed by atoms with Gasteiger partial charge in [-0.2, -0.15) is 5.10 Å². The number of aryl methyl sites for hydroxylation is 2. The van der Waals surface area contributed by atoms with Crippen molar-refractivity contribution in [2.24, 2.45) is 0 Å². The zero-order chi connectivity index (χ0) is 14.5. The van der Waals surface area contributed by atoms with Crippen molar-refractivity contribution < 1.29 is 9.53 Å². The molecule has 0 saturated heterocycles. The number of aromatic nitrogens is 2. The molecule has 0 aliphatic rings. The third-order valence-electron chi connectivity index (χ3n) is 3.06. The standard InChI is InChI=1S/C14H16ClN3O2/c1-16-14(19)11-5-10(13(15)12(6-11)20-2)4-3-9-7-17-18-8-9/h5-8H,3-4H2,1-2H3,(H,16,19)(H,17,18). The Hall–Kier alpha value is -2.01. The van der Waals surface area contributed by atoms with Gasteiger partial charge in [0.25, 0.3) is 5.91 Å². The van der Waals surface area contributed by atoms with Gasteiger partial charge in [-0.25, -0.2) is 0 Å². The summed E-state index contributed by atoms with van der Waals surface area (Å²) in [5, 5.41) is 9.81. The fourth-order valence-electron chi connectivity index (χ4n) is 1.95. The van der Waals surface area contributed by atoms with Gasteiger partial charge in [0.1, 0.15) is 5.75 Å². The lowest BCUT2D eigenvalue weighted by Gasteiger charge is -2.11. The van der Waals surface area contributed by atoms with Crippen LogP contribution in [-0.2, 0) is 12.8 Å². The van der Waals surface area contributed by atoms with Gasteiger partial charge in [-0.1, -0.05) is 11.6 Å². The molecule has 106 valence electrons. The second-order valence-electron chi connectivity index (χ2n) is 4.34. The molecule has 2 aromatic rings. The minimum atomic E-state index is -0.162. The molecule has 6 heteroatoms. The number of halogens is 1. The van der Waals surface area contributed by atoms with E-state index in [4.69, 9.17) is 16.3 Å². The van der Waals surface area contributed by atoms with Crippen LogP contribution >= 0.6 is 11.6 Å². The SMILES string of the molecule is CNC(=O)c1cc(CCc2cn[nH]c2)c(Cl)c(OC)c1. The number of hydrogen-bond donors (Lipinski definition) is 2. The van der Waals surface area contributed by atoms with Gasteiger partial charge in [-0.05, 0) is 36.1 Å². The molecule has 0 atom stereocenters. The first-order chi connectivity index (χ1) is 9.65. The van der Waals surface area contributed by atoms with Gasteiger partial charge in [0.15, 0.2) is 0 Å². The maximum atomic E-state index is 11.8. The second kappa shape index (κ2) is 6.43. The highest BCUT2D eigenvalue weighted by molar-refractivity contribution is 6.33. The van der Waals surface area contributed by atoms with Crippen molar-refractivity contribution in [2.45, 2.75) is 12.8 Å². The maximum Gasteiger partial charge on any atom is 0.251 e. The van der Waals surface area contributed by atoms with E-state index < -0.39 is 0 Å². The van der Waals surface area contributed by atoms with E-state index in [1.165, 1.54) is 7.11 Å². The first-order valence-corrected chi connectivity index (χ1v) is 6.59. The van der Waals surface area contributed by atoms with Crippen molar-refractivity contribution in [3.63, 3.8) is 0 Å². The Bertz CT molecular complexity index is 597. The van der Waals surface area contributed by atoms with Gasteiger partial charge >= 0.3 is 0 Å². The molecule has 1 heterocycles. The van der Waals surface area contributed by atoms with Crippen molar-refractivity contribution >= 4 is 17.5 Å². The van der Waals surface area contributed by atoms with E-state index in [0.29, 0.717) is 22.8 Å². The smallest absolute Gasteiger partial charge is 0.251 e. The fraction of sp³-hybridized carbons (Fsp3) is 0.286. The van der Waals surface area contributed by atoms with Crippen molar-refractivity contribution in [2.75, 3.05) is 14.2 Å². The lowest BCUT2D eigenvalue weighted by Crippen LogP contribution is -2.18. The van der Waals surface area contributed by atoms with Crippen LogP contribution in [0.25, 0.3) is 0 Å². The van der Waals surface area contributed by atoms with Gasteiger partial charge in [0, 0.05) is 18.8 Å². The number of benzene rings is 1. The molecule has 0 unspecified atom stereocenters. The van der Waals surface area contributed by atoms with E-state index in [0.717, 1.165) is 17.5 Å². The summed E-state index contributed by atoms with van der Waals surface area (Å²) < 4.78 is 5.23. The lowest BCUT2D eigenvalue weighted by molar-refractivity contribution is 0.0962. The molecular formula is C14H16ClN3O2. The van der Waals surface area contributed by atoms with Crippen molar-refractivity contribution in [1.82, 2.24) is 15.5 Å². The molecule has 0 spiro atoms. The summed E-state index contributed by atoms with van der Waals surface area (Å²) in [5.74, 6) is 0.347. The van der Waals surface area contributed by atoms with Crippen LogP contribution in [0.15, 0.2) is 24.5 Å². The zero-order valence-corrected chi connectivity index (χ0v) is 12.1. The molecule has 20 heavy (non-hydrogen) atoms. The number of rotatable bonds is 5. The Morgan fingerprint density at radius 2 is 2.25 bits per heavy atom. The van der Waals surface area contributed by atoms with Crippen LogP contribution < -0.4 is 10.1 Å². The highest BCUT2D eigenvalue weighted by atomic mass is 35.5. The Kier molecular flexibility index (Phi) is 4.63. The first-order valence-electron chi connectivity index (χ1n) is 6.22. The van der Waals surface area contributed by atoms with E-state index in [1.807, 2.05) is 6.20 Å². The molecule has 0 radical (unpaired) electrons. The van der Waals surface area contributed by atoms with Crippen molar-refractivity contribution in [1.29, 1.82) is 0 Å². The minimum absolute atomic E-state index is 0.162. The molecule has 2 rings (SSSR count). The van der Waals surface area contributed by atoms with E-state index in [-0.39, 0.29) is 5.91 Å². The summed E-state index contributed by atoms with van der Waals surface area (Å²) >= 11 is 6.29. The number of carbonyl (C=O) groups excluding carboxylic acids is 1. The summed E-state index contributed by atoms with van der Waals surface area (Å²) in [4.78, 5) is 11.8. The molecule has 1 amide bonds. The predicted molar refractivity (Wildman–Crippen MR) is 77.4 cm³/mol. The van der Waals surface area contributed by atoms with Crippen LogP contribution in [0, 0.1) is 0 Å². The molecule has 0 saturated carbocycles. The molecule has 1 aromatic carbocycles. The average molecular weight is 294 g/mol. The molecule has 0 bridgehead atoms. The highest BCUT2D eigenvalue weighted by Gasteiger charge is 2.13. The summed E-state index contributed by atoms with van der Waals surface area (Å²) in [6.45, 7) is 0. The van der Waals surface area contributed by atoms with Gasteiger partial charge in [-0.3, -0.25) is 9.89 Å². The number of amides is 1. The van der Waals surface area contributed by atoms with E-state index in [1.54, 1.807) is 25.4 Å². The Morgan fingerprint density at radius 1 is 1.45 bits per heavy atom. The normalized spacial score (nSPS) is 10.3. The molecule has 0 fully saturated rings. The summed E-state index contributed by atoms with van der Waals surface area (Å²) in [7, 11) is 3.13. The van der Waals surface area contributed by atoms with Crippen LogP contribution in [0.4, 0.5) is 0 Å². The first kappa shape index (κ1) is 14.4. The minimum Gasteiger partial charge on any atom is -0.495 e. The largest absolute Gasteiger partial charge is 0.495 e.